The van der Waals surface area contributed by atoms with Crippen LogP contribution < -0.4 is 5.73 Å². The van der Waals surface area contributed by atoms with Gasteiger partial charge in [0, 0.05) is 5.56 Å². The van der Waals surface area contributed by atoms with Crippen LogP contribution in [0.1, 0.15) is 16.1 Å². The van der Waals surface area contributed by atoms with Crippen LogP contribution in [0.4, 0.5) is 19.0 Å². The molecular formula is C14H11F3N2O2. The van der Waals surface area contributed by atoms with E-state index >= 15 is 0 Å². The van der Waals surface area contributed by atoms with Gasteiger partial charge in [-0.15, -0.1) is 0 Å². The zero-order valence-electron chi connectivity index (χ0n) is 10.9. The van der Waals surface area contributed by atoms with Crippen LogP contribution in [0.25, 0.3) is 11.1 Å². The van der Waals surface area contributed by atoms with Gasteiger partial charge in [0.15, 0.2) is 5.69 Å². The third-order valence-electron chi connectivity index (χ3n) is 2.82. The first-order valence-electron chi connectivity index (χ1n) is 5.85. The maximum atomic E-state index is 12.5. The molecule has 2 aromatic rings. The molecule has 0 aliphatic rings. The quantitative estimate of drug-likeness (QED) is 0.865. The molecule has 110 valence electrons. The van der Waals surface area contributed by atoms with Gasteiger partial charge in [0.2, 0.25) is 0 Å². The van der Waals surface area contributed by atoms with E-state index in [4.69, 9.17) is 5.73 Å². The zero-order chi connectivity index (χ0) is 15.6. The molecule has 7 heteroatoms. The highest BCUT2D eigenvalue weighted by molar-refractivity contribution is 5.95. The Kier molecular flexibility index (Phi) is 3.84. The second-order valence-electron chi connectivity index (χ2n) is 4.20. The van der Waals surface area contributed by atoms with Gasteiger partial charge in [-0.25, -0.2) is 9.78 Å². The molecule has 0 spiro atoms. The zero-order valence-corrected chi connectivity index (χ0v) is 10.9. The molecule has 1 heterocycles. The molecule has 0 bridgehead atoms. The van der Waals surface area contributed by atoms with Crippen LogP contribution in [-0.4, -0.2) is 18.1 Å². The maximum Gasteiger partial charge on any atom is 0.416 e. The van der Waals surface area contributed by atoms with E-state index in [1.54, 1.807) is 0 Å². The minimum absolute atomic E-state index is 0.0442. The first kappa shape index (κ1) is 14.8. The van der Waals surface area contributed by atoms with Crippen molar-refractivity contribution in [1.29, 1.82) is 0 Å². The number of anilines is 1. The smallest absolute Gasteiger partial charge is 0.416 e. The number of benzene rings is 1. The van der Waals surface area contributed by atoms with Crippen LogP contribution in [0.15, 0.2) is 36.4 Å². The lowest BCUT2D eigenvalue weighted by atomic mass is 10.0. The van der Waals surface area contributed by atoms with E-state index in [1.165, 1.54) is 31.4 Å². The summed E-state index contributed by atoms with van der Waals surface area (Å²) in [7, 11) is 1.18. The SMILES string of the molecule is COC(=O)c1nc(N)ccc1-c1ccc(C(F)(F)F)cc1. The van der Waals surface area contributed by atoms with Gasteiger partial charge in [-0.05, 0) is 29.8 Å². The molecular weight excluding hydrogens is 285 g/mol. The van der Waals surface area contributed by atoms with Crippen LogP contribution in [0.2, 0.25) is 0 Å². The van der Waals surface area contributed by atoms with Gasteiger partial charge < -0.3 is 10.5 Å². The molecule has 1 aromatic carbocycles. The summed E-state index contributed by atoms with van der Waals surface area (Å²) >= 11 is 0. The van der Waals surface area contributed by atoms with E-state index < -0.39 is 17.7 Å². The molecule has 0 fully saturated rings. The number of alkyl halides is 3. The molecule has 1 aromatic heterocycles. The molecule has 0 aliphatic heterocycles. The van der Waals surface area contributed by atoms with Crippen molar-refractivity contribution in [3.8, 4) is 11.1 Å². The number of hydrogen-bond donors (Lipinski definition) is 1. The Morgan fingerprint density at radius 3 is 2.29 bits per heavy atom. The lowest BCUT2D eigenvalue weighted by Crippen LogP contribution is -2.08. The number of rotatable bonds is 2. The van der Waals surface area contributed by atoms with Gasteiger partial charge in [-0.3, -0.25) is 0 Å². The minimum Gasteiger partial charge on any atom is -0.464 e. The molecule has 0 saturated heterocycles. The highest BCUT2D eigenvalue weighted by Crippen LogP contribution is 2.31. The van der Waals surface area contributed by atoms with Gasteiger partial charge in [-0.1, -0.05) is 12.1 Å². The second-order valence-corrected chi connectivity index (χ2v) is 4.20. The van der Waals surface area contributed by atoms with E-state index in [1.807, 2.05) is 0 Å². The highest BCUT2D eigenvalue weighted by atomic mass is 19.4. The van der Waals surface area contributed by atoms with Crippen LogP contribution in [0.3, 0.4) is 0 Å². The Balaban J connectivity index is 2.49. The van der Waals surface area contributed by atoms with Crippen LogP contribution in [0, 0.1) is 0 Å². The fraction of sp³-hybridized carbons (Fsp3) is 0.143. The number of halogens is 3. The van der Waals surface area contributed by atoms with Gasteiger partial charge in [0.25, 0.3) is 0 Å². The number of nitrogens with two attached hydrogens (primary N) is 1. The average molecular weight is 296 g/mol. The van der Waals surface area contributed by atoms with E-state index in [-0.39, 0.29) is 11.5 Å². The molecule has 0 atom stereocenters. The van der Waals surface area contributed by atoms with Crippen molar-refractivity contribution in [3.05, 3.63) is 47.7 Å². The minimum atomic E-state index is -4.41. The van der Waals surface area contributed by atoms with Crippen LogP contribution in [0.5, 0.6) is 0 Å². The molecule has 21 heavy (non-hydrogen) atoms. The highest BCUT2D eigenvalue weighted by Gasteiger charge is 2.30. The maximum absolute atomic E-state index is 12.5. The Morgan fingerprint density at radius 2 is 1.76 bits per heavy atom. The topological polar surface area (TPSA) is 65.2 Å². The molecule has 0 radical (unpaired) electrons. The standard InChI is InChI=1S/C14H11F3N2O2/c1-21-13(20)12-10(6-7-11(18)19-12)8-2-4-9(5-3-8)14(15,16)17/h2-7H,1H3,(H2,18,19). The van der Waals surface area contributed by atoms with Gasteiger partial charge in [0.05, 0.1) is 12.7 Å². The molecule has 0 saturated carbocycles. The van der Waals surface area contributed by atoms with Crippen molar-refractivity contribution >= 4 is 11.8 Å². The molecule has 0 amide bonds. The van der Waals surface area contributed by atoms with Crippen molar-refractivity contribution in [3.63, 3.8) is 0 Å². The number of ether oxygens (including phenoxy) is 1. The summed E-state index contributed by atoms with van der Waals surface area (Å²) in [5.41, 5.74) is 5.46. The monoisotopic (exact) mass is 296 g/mol. The Hall–Kier alpha value is -2.57. The summed E-state index contributed by atoms with van der Waals surface area (Å²) in [5.74, 6) is -0.594. The third-order valence-corrected chi connectivity index (χ3v) is 2.82. The number of nitrogens with zero attached hydrogens (tertiary/aromatic N) is 1. The third kappa shape index (κ3) is 3.13. The van der Waals surface area contributed by atoms with Crippen LogP contribution in [-0.2, 0) is 10.9 Å². The molecule has 0 unspecified atom stereocenters. The van der Waals surface area contributed by atoms with Gasteiger partial charge in [0.1, 0.15) is 5.82 Å². The van der Waals surface area contributed by atoms with Crippen molar-refractivity contribution in [2.24, 2.45) is 0 Å². The second kappa shape index (κ2) is 5.43. The largest absolute Gasteiger partial charge is 0.464 e. The van der Waals surface area contributed by atoms with Crippen molar-refractivity contribution in [2.75, 3.05) is 12.8 Å². The van der Waals surface area contributed by atoms with Crippen molar-refractivity contribution in [1.82, 2.24) is 4.98 Å². The number of aromatic nitrogens is 1. The number of esters is 1. The Bertz CT molecular complexity index is 667. The summed E-state index contributed by atoms with van der Waals surface area (Å²) in [5, 5.41) is 0. The summed E-state index contributed by atoms with van der Waals surface area (Å²) in [6.07, 6.45) is -4.41. The molecule has 2 rings (SSSR count). The van der Waals surface area contributed by atoms with Crippen LogP contribution >= 0.6 is 0 Å². The summed E-state index contributed by atoms with van der Waals surface area (Å²) in [6, 6.07) is 7.38. The first-order valence-corrected chi connectivity index (χ1v) is 5.85. The Labute approximate surface area is 118 Å². The van der Waals surface area contributed by atoms with E-state index in [0.717, 1.165) is 12.1 Å². The number of pyridine rings is 1. The number of hydrogen-bond acceptors (Lipinski definition) is 4. The number of nitrogen functional groups attached to an aromatic ring is 1. The van der Waals surface area contributed by atoms with Crippen molar-refractivity contribution < 1.29 is 22.7 Å². The number of carbonyl (C=O) groups is 1. The van der Waals surface area contributed by atoms with E-state index in [2.05, 4.69) is 9.72 Å². The van der Waals surface area contributed by atoms with E-state index in [0.29, 0.717) is 11.1 Å². The summed E-state index contributed by atoms with van der Waals surface area (Å²) in [6.45, 7) is 0. The number of methoxy groups -OCH3 is 1. The lowest BCUT2D eigenvalue weighted by Gasteiger charge is -2.10. The van der Waals surface area contributed by atoms with Gasteiger partial charge >= 0.3 is 12.1 Å². The molecule has 0 aliphatic carbocycles. The molecule has 4 nitrogen and oxygen atoms in total. The van der Waals surface area contributed by atoms with Crippen molar-refractivity contribution in [2.45, 2.75) is 6.18 Å². The fourth-order valence-electron chi connectivity index (χ4n) is 1.80. The summed E-state index contributed by atoms with van der Waals surface area (Å²) < 4.78 is 42.2. The first-order chi connectivity index (χ1) is 9.82. The average Bonchev–Trinajstić information content (AvgIpc) is 2.45. The summed E-state index contributed by atoms with van der Waals surface area (Å²) in [4.78, 5) is 15.5. The fourth-order valence-corrected chi connectivity index (χ4v) is 1.80. The lowest BCUT2D eigenvalue weighted by molar-refractivity contribution is -0.137. The van der Waals surface area contributed by atoms with E-state index in [9.17, 15) is 18.0 Å². The predicted molar refractivity (Wildman–Crippen MR) is 70.4 cm³/mol. The Morgan fingerprint density at radius 1 is 1.14 bits per heavy atom. The normalized spacial score (nSPS) is 11.2. The number of carbonyl (C=O) groups excluding carboxylic acids is 1. The predicted octanol–water partition coefficient (Wildman–Crippen LogP) is 3.14. The molecule has 2 N–H and O–H groups in total. The van der Waals surface area contributed by atoms with Gasteiger partial charge in [-0.2, -0.15) is 13.2 Å².